The number of aryl methyl sites for hydroxylation is 1. The highest BCUT2D eigenvalue weighted by Gasteiger charge is 2.13. The Labute approximate surface area is 161 Å². The third-order valence-corrected chi connectivity index (χ3v) is 5.34. The first kappa shape index (κ1) is 18.5. The van der Waals surface area contributed by atoms with Crippen LogP contribution in [0.2, 0.25) is 5.02 Å². The zero-order chi connectivity index (χ0) is 18.5. The van der Waals surface area contributed by atoms with E-state index in [1.807, 2.05) is 48.7 Å². The van der Waals surface area contributed by atoms with Gasteiger partial charge in [0, 0.05) is 10.7 Å². The highest BCUT2D eigenvalue weighted by Crippen LogP contribution is 2.24. The van der Waals surface area contributed by atoms with Crippen LogP contribution >= 0.6 is 23.4 Å². The zero-order valence-electron chi connectivity index (χ0n) is 14.6. The van der Waals surface area contributed by atoms with E-state index in [9.17, 15) is 4.79 Å². The van der Waals surface area contributed by atoms with Crippen LogP contribution in [0.4, 0.5) is 5.69 Å². The van der Waals surface area contributed by atoms with Gasteiger partial charge in [-0.2, -0.15) is 0 Å². The van der Waals surface area contributed by atoms with E-state index in [-0.39, 0.29) is 11.7 Å². The lowest BCUT2D eigenvalue weighted by molar-refractivity contribution is -0.113. The molecule has 0 radical (unpaired) electrons. The largest absolute Gasteiger partial charge is 0.325 e. The highest BCUT2D eigenvalue weighted by molar-refractivity contribution is 7.99. The zero-order valence-corrected chi connectivity index (χ0v) is 16.1. The molecule has 3 aromatic rings. The van der Waals surface area contributed by atoms with Crippen molar-refractivity contribution in [2.45, 2.75) is 25.5 Å². The summed E-state index contributed by atoms with van der Waals surface area (Å²) in [5, 5.41) is 12.6. The van der Waals surface area contributed by atoms with Crippen molar-refractivity contribution in [1.82, 2.24) is 14.8 Å². The second-order valence-electron chi connectivity index (χ2n) is 5.85. The van der Waals surface area contributed by atoms with Crippen LogP contribution in [-0.4, -0.2) is 26.4 Å². The van der Waals surface area contributed by atoms with Gasteiger partial charge in [0.2, 0.25) is 5.91 Å². The fourth-order valence-corrected chi connectivity index (χ4v) is 3.43. The molecular weight excluding hydrogens is 368 g/mol. The molecular formula is C19H19ClN4OS. The van der Waals surface area contributed by atoms with E-state index < -0.39 is 0 Å². The van der Waals surface area contributed by atoms with Gasteiger partial charge in [0.1, 0.15) is 5.82 Å². The number of amides is 1. The molecule has 7 heteroatoms. The van der Waals surface area contributed by atoms with E-state index in [1.54, 1.807) is 6.07 Å². The Balaban J connectivity index is 1.65. The minimum absolute atomic E-state index is 0.104. The summed E-state index contributed by atoms with van der Waals surface area (Å²) in [5.74, 6) is 0.966. The van der Waals surface area contributed by atoms with Gasteiger partial charge in [0.25, 0.3) is 0 Å². The average Bonchev–Trinajstić information content (AvgIpc) is 2.98. The summed E-state index contributed by atoms with van der Waals surface area (Å²) in [7, 11) is 0. The Morgan fingerprint density at radius 1 is 1.12 bits per heavy atom. The number of anilines is 1. The molecule has 1 heterocycles. The molecule has 0 spiro atoms. The molecule has 0 bridgehead atoms. The monoisotopic (exact) mass is 386 g/mol. The van der Waals surface area contributed by atoms with Crippen molar-refractivity contribution in [1.29, 1.82) is 0 Å². The van der Waals surface area contributed by atoms with Crippen LogP contribution in [0.5, 0.6) is 0 Å². The summed E-state index contributed by atoms with van der Waals surface area (Å²) in [6, 6.07) is 15.6. The molecule has 0 unspecified atom stereocenters. The summed E-state index contributed by atoms with van der Waals surface area (Å²) in [4.78, 5) is 12.3. The molecule has 0 atom stereocenters. The first-order valence-corrected chi connectivity index (χ1v) is 9.52. The van der Waals surface area contributed by atoms with E-state index in [1.165, 1.54) is 11.8 Å². The van der Waals surface area contributed by atoms with E-state index in [2.05, 4.69) is 27.6 Å². The lowest BCUT2D eigenvalue weighted by Gasteiger charge is -2.10. The summed E-state index contributed by atoms with van der Waals surface area (Å²) >= 11 is 7.46. The lowest BCUT2D eigenvalue weighted by atomic mass is 10.2. The number of carbonyl (C=O) groups excluding carboxylic acids is 1. The minimum atomic E-state index is -0.104. The summed E-state index contributed by atoms with van der Waals surface area (Å²) < 4.78 is 2.01. The van der Waals surface area contributed by atoms with Gasteiger partial charge in [0.05, 0.1) is 12.3 Å². The van der Waals surface area contributed by atoms with Crippen LogP contribution in [0.1, 0.15) is 17.0 Å². The molecule has 0 aliphatic rings. The van der Waals surface area contributed by atoms with E-state index in [4.69, 9.17) is 11.6 Å². The van der Waals surface area contributed by atoms with E-state index in [0.29, 0.717) is 11.6 Å². The van der Waals surface area contributed by atoms with Crippen molar-refractivity contribution >= 4 is 35.0 Å². The number of hydrogen-bond donors (Lipinski definition) is 1. The average molecular weight is 387 g/mol. The SMILES string of the molecule is Cc1c(Cl)cccc1NC(=O)CSc1nnc(C)n1Cc1ccccc1. The first-order chi connectivity index (χ1) is 12.5. The van der Waals surface area contributed by atoms with Gasteiger partial charge in [-0.05, 0) is 37.1 Å². The van der Waals surface area contributed by atoms with Crippen LogP contribution in [-0.2, 0) is 11.3 Å². The second kappa shape index (κ2) is 8.38. The molecule has 0 fully saturated rings. The molecule has 2 aromatic carbocycles. The Hall–Kier alpha value is -2.31. The molecule has 0 saturated heterocycles. The Morgan fingerprint density at radius 2 is 1.88 bits per heavy atom. The Morgan fingerprint density at radius 3 is 2.65 bits per heavy atom. The van der Waals surface area contributed by atoms with Gasteiger partial charge in [0.15, 0.2) is 5.16 Å². The number of halogens is 1. The molecule has 134 valence electrons. The molecule has 26 heavy (non-hydrogen) atoms. The van der Waals surface area contributed by atoms with Crippen LogP contribution in [0.15, 0.2) is 53.7 Å². The number of thioether (sulfide) groups is 1. The van der Waals surface area contributed by atoms with E-state index >= 15 is 0 Å². The molecule has 1 amide bonds. The molecule has 3 rings (SSSR count). The topological polar surface area (TPSA) is 59.8 Å². The normalized spacial score (nSPS) is 10.7. The number of hydrogen-bond acceptors (Lipinski definition) is 4. The highest BCUT2D eigenvalue weighted by atomic mass is 35.5. The van der Waals surface area contributed by atoms with Crippen LogP contribution in [0.3, 0.4) is 0 Å². The molecule has 1 aromatic heterocycles. The Bertz CT molecular complexity index is 911. The molecule has 0 aliphatic heterocycles. The van der Waals surface area contributed by atoms with Crippen LogP contribution < -0.4 is 5.32 Å². The minimum Gasteiger partial charge on any atom is -0.325 e. The standard InChI is InChI=1S/C19H19ClN4OS/c1-13-16(20)9-6-10-17(13)21-18(25)12-26-19-23-22-14(2)24(19)11-15-7-4-3-5-8-15/h3-10H,11-12H2,1-2H3,(H,21,25). The fourth-order valence-electron chi connectivity index (χ4n) is 2.48. The number of carbonyl (C=O) groups is 1. The molecule has 5 nitrogen and oxygen atoms in total. The third-order valence-electron chi connectivity index (χ3n) is 3.96. The first-order valence-electron chi connectivity index (χ1n) is 8.16. The van der Waals surface area contributed by atoms with Gasteiger partial charge < -0.3 is 9.88 Å². The maximum Gasteiger partial charge on any atom is 0.234 e. The van der Waals surface area contributed by atoms with Crippen molar-refractivity contribution in [3.8, 4) is 0 Å². The summed E-state index contributed by atoms with van der Waals surface area (Å²) in [6.45, 7) is 4.47. The molecule has 0 saturated carbocycles. The third kappa shape index (κ3) is 4.45. The number of nitrogens with one attached hydrogen (secondary N) is 1. The second-order valence-corrected chi connectivity index (χ2v) is 7.20. The predicted octanol–water partition coefficient (Wildman–Crippen LogP) is 4.33. The fraction of sp³-hybridized carbons (Fsp3) is 0.211. The van der Waals surface area contributed by atoms with Gasteiger partial charge in [-0.15, -0.1) is 10.2 Å². The number of nitrogens with zero attached hydrogens (tertiary/aromatic N) is 3. The summed E-state index contributed by atoms with van der Waals surface area (Å²) in [5.41, 5.74) is 2.75. The lowest BCUT2D eigenvalue weighted by Crippen LogP contribution is -2.15. The quantitative estimate of drug-likeness (QED) is 0.640. The Kier molecular flexibility index (Phi) is 5.96. The van der Waals surface area contributed by atoms with Gasteiger partial charge in [-0.1, -0.05) is 59.8 Å². The molecule has 1 N–H and O–H groups in total. The van der Waals surface area contributed by atoms with Crippen molar-refractivity contribution in [3.05, 3.63) is 70.5 Å². The van der Waals surface area contributed by atoms with Crippen molar-refractivity contribution < 1.29 is 4.79 Å². The van der Waals surface area contributed by atoms with Gasteiger partial charge >= 0.3 is 0 Å². The van der Waals surface area contributed by atoms with Crippen molar-refractivity contribution in [2.75, 3.05) is 11.1 Å². The number of aromatic nitrogens is 3. The maximum absolute atomic E-state index is 12.3. The van der Waals surface area contributed by atoms with Crippen LogP contribution in [0.25, 0.3) is 0 Å². The van der Waals surface area contributed by atoms with E-state index in [0.717, 1.165) is 27.8 Å². The van der Waals surface area contributed by atoms with Crippen molar-refractivity contribution in [2.24, 2.45) is 0 Å². The number of rotatable bonds is 6. The van der Waals surface area contributed by atoms with Gasteiger partial charge in [-0.3, -0.25) is 4.79 Å². The maximum atomic E-state index is 12.3. The smallest absolute Gasteiger partial charge is 0.234 e. The predicted molar refractivity (Wildman–Crippen MR) is 106 cm³/mol. The summed E-state index contributed by atoms with van der Waals surface area (Å²) in [6.07, 6.45) is 0. The molecule has 0 aliphatic carbocycles. The van der Waals surface area contributed by atoms with Crippen LogP contribution in [0, 0.1) is 13.8 Å². The van der Waals surface area contributed by atoms with Crippen molar-refractivity contribution in [3.63, 3.8) is 0 Å². The number of benzene rings is 2. The van der Waals surface area contributed by atoms with Gasteiger partial charge in [-0.25, -0.2) is 0 Å².